The Bertz CT molecular complexity index is 1720. The van der Waals surface area contributed by atoms with Gasteiger partial charge in [0.05, 0.1) is 31.4 Å². The number of phenolic OH excluding ortho intramolecular Hbond substituents is 1. The van der Waals surface area contributed by atoms with E-state index in [1.54, 1.807) is 39.2 Å². The lowest BCUT2D eigenvalue weighted by atomic mass is 9.57. The smallest absolute Gasteiger partial charge is 0.412 e. The second-order valence-corrected chi connectivity index (χ2v) is 15.3. The van der Waals surface area contributed by atoms with Crippen LogP contribution in [0.5, 0.6) is 5.75 Å². The van der Waals surface area contributed by atoms with Crippen LogP contribution >= 0.6 is 0 Å². The van der Waals surface area contributed by atoms with E-state index in [2.05, 4.69) is 0 Å². The Morgan fingerprint density at radius 2 is 1.68 bits per heavy atom. The predicted molar refractivity (Wildman–Crippen MR) is 190 cm³/mol. The van der Waals surface area contributed by atoms with Crippen LogP contribution in [-0.2, 0) is 51.1 Å². The summed E-state index contributed by atoms with van der Waals surface area (Å²) < 4.78 is 20.2. The van der Waals surface area contributed by atoms with Crippen LogP contribution in [0.15, 0.2) is 23.0 Å². The third kappa shape index (κ3) is 8.05. The van der Waals surface area contributed by atoms with Gasteiger partial charge < -0.3 is 49.2 Å². The maximum Gasteiger partial charge on any atom is 0.412 e. The largest absolute Gasteiger partial charge is 0.508 e. The van der Waals surface area contributed by atoms with Gasteiger partial charge in [0.15, 0.2) is 17.2 Å². The molecule has 0 unspecified atom stereocenters. The number of esters is 1. The third-order valence-corrected chi connectivity index (χ3v) is 9.70. The molecule has 1 fully saturated rings. The Morgan fingerprint density at radius 3 is 2.25 bits per heavy atom. The van der Waals surface area contributed by atoms with Crippen molar-refractivity contribution in [3.8, 4) is 5.75 Å². The molecule has 0 spiro atoms. The molecule has 1 aromatic carbocycles. The maximum atomic E-state index is 14.4. The van der Waals surface area contributed by atoms with Crippen LogP contribution in [0.1, 0.15) is 50.8 Å². The lowest BCUT2D eigenvalue weighted by molar-refractivity contribution is -0.158. The van der Waals surface area contributed by atoms with Gasteiger partial charge in [0.25, 0.3) is 0 Å². The predicted octanol–water partition coefficient (Wildman–Crippen LogP) is 2.28. The summed E-state index contributed by atoms with van der Waals surface area (Å²) in [6, 6.07) is 0.535. The van der Waals surface area contributed by atoms with Gasteiger partial charge in [0.2, 0.25) is 12.6 Å². The number of hydrogen-bond acceptors (Lipinski definition) is 15. The van der Waals surface area contributed by atoms with E-state index in [9.17, 15) is 44.4 Å². The van der Waals surface area contributed by atoms with E-state index in [-0.39, 0.29) is 62.5 Å². The van der Waals surface area contributed by atoms with E-state index in [4.69, 9.17) is 18.9 Å². The molecule has 3 aliphatic carbocycles. The van der Waals surface area contributed by atoms with Crippen LogP contribution in [0, 0.1) is 17.3 Å². The first-order chi connectivity index (χ1) is 24.7. The molecule has 0 saturated heterocycles. The average molecular weight is 746 g/mol. The summed E-state index contributed by atoms with van der Waals surface area (Å²) in [4.78, 5) is 70.2. The summed E-state index contributed by atoms with van der Waals surface area (Å²) in [5, 5.41) is 46.9. The summed E-state index contributed by atoms with van der Waals surface area (Å²) in [5.41, 5.74) is -2.97. The molecule has 0 aromatic heterocycles. The Hall–Kier alpha value is -4.51. The molecule has 0 radical (unpaired) electrons. The molecule has 1 saturated carbocycles. The Morgan fingerprint density at radius 1 is 1.02 bits per heavy atom. The number of ketones is 3. The summed E-state index contributed by atoms with van der Waals surface area (Å²) in [6.45, 7) is 5.99. The Kier molecular flexibility index (Phi) is 12.3. The van der Waals surface area contributed by atoms with Crippen molar-refractivity contribution < 1.29 is 63.3 Å². The quantitative estimate of drug-likeness (QED) is 0.0987. The van der Waals surface area contributed by atoms with Crippen LogP contribution in [0.4, 0.5) is 10.5 Å². The zero-order valence-electron chi connectivity index (χ0n) is 31.8. The second kappa shape index (κ2) is 15.8. The number of benzene rings is 1. The van der Waals surface area contributed by atoms with Gasteiger partial charge in [0, 0.05) is 50.5 Å². The number of ether oxygens (including phenoxy) is 4. The van der Waals surface area contributed by atoms with Crippen molar-refractivity contribution in [2.24, 2.45) is 17.3 Å². The molecule has 16 nitrogen and oxygen atoms in total. The van der Waals surface area contributed by atoms with E-state index < -0.39 is 87.9 Å². The molecule has 4 atom stereocenters. The molecule has 1 amide bonds. The lowest BCUT2D eigenvalue weighted by Gasteiger charge is -2.50. The van der Waals surface area contributed by atoms with Crippen molar-refractivity contribution >= 4 is 40.9 Å². The normalized spacial score (nSPS) is 22.7. The highest BCUT2D eigenvalue weighted by Gasteiger charge is 2.64. The molecule has 0 bridgehead atoms. The van der Waals surface area contributed by atoms with E-state index in [1.807, 2.05) is 20.8 Å². The number of fused-ring (bicyclic) bond motifs is 3. The molecule has 292 valence electrons. The SMILES string of the molecule is COCCOCC(=O)OCOC(=O)N(Cc1cc(N(C)C)c2c(c1O)C(O)=C1C(=O)[C@]3(O)C(O)=C(C(C)=O)C(=O)[C@@H](N(C)C)[C@@H]3C[C@@H]1C2)CC(C)(C)C. The van der Waals surface area contributed by atoms with Crippen LogP contribution in [0.25, 0.3) is 5.76 Å². The van der Waals surface area contributed by atoms with Crippen molar-refractivity contribution in [1.29, 1.82) is 0 Å². The van der Waals surface area contributed by atoms with Crippen LogP contribution in [0.2, 0.25) is 0 Å². The number of Topliss-reactive ketones (excluding diaryl/α,β-unsaturated/α-hetero) is 3. The number of aliphatic hydroxyl groups excluding tert-OH is 2. The molecule has 4 rings (SSSR count). The molecule has 4 N–H and O–H groups in total. The number of phenols is 1. The third-order valence-electron chi connectivity index (χ3n) is 9.70. The minimum absolute atomic E-state index is 0.0185. The van der Waals surface area contributed by atoms with Gasteiger partial charge in [-0.2, -0.15) is 0 Å². The van der Waals surface area contributed by atoms with E-state index in [0.29, 0.717) is 11.3 Å². The van der Waals surface area contributed by atoms with E-state index >= 15 is 0 Å². The zero-order chi connectivity index (χ0) is 39.7. The van der Waals surface area contributed by atoms with Gasteiger partial charge in [-0.05, 0) is 56.8 Å². The number of anilines is 1. The molecule has 16 heteroatoms. The summed E-state index contributed by atoms with van der Waals surface area (Å²) in [5.74, 6) is -7.37. The van der Waals surface area contributed by atoms with Gasteiger partial charge >= 0.3 is 12.1 Å². The number of carbonyl (C=O) groups is 5. The van der Waals surface area contributed by atoms with Gasteiger partial charge in [-0.1, -0.05) is 20.8 Å². The number of aliphatic hydroxyl groups is 3. The standard InChI is InChI=1S/C37H51N3O13/c1-19(41)26-32(45)29(39(7)8)23-13-20-12-22-24(38(5)6)14-21(30(43)28(22)31(44)27(20)34(47)37(23,49)33(26)46)15-40(17-36(2,3)4)35(48)53-18-52-25(42)16-51-11-10-50-9/h14,20,23,29,43-44,46,49H,10-13,15-18H2,1-9H3/t20-,23-,29-,37+/m0/s1. The minimum Gasteiger partial charge on any atom is -0.508 e. The number of methoxy groups -OCH3 is 1. The number of nitrogens with zero attached hydrogens (tertiary/aromatic N) is 3. The second-order valence-electron chi connectivity index (χ2n) is 15.3. The highest BCUT2D eigenvalue weighted by Crippen LogP contribution is 2.54. The van der Waals surface area contributed by atoms with Crippen molar-refractivity contribution in [3.63, 3.8) is 0 Å². The van der Waals surface area contributed by atoms with Crippen LogP contribution in [0.3, 0.4) is 0 Å². The summed E-state index contributed by atoms with van der Waals surface area (Å²) in [6.07, 6.45) is -0.767. The zero-order valence-corrected chi connectivity index (χ0v) is 31.8. The molecule has 53 heavy (non-hydrogen) atoms. The van der Waals surface area contributed by atoms with Gasteiger partial charge in [-0.25, -0.2) is 9.59 Å². The average Bonchev–Trinajstić information content (AvgIpc) is 3.04. The first kappa shape index (κ1) is 41.2. The fourth-order valence-corrected chi connectivity index (χ4v) is 7.51. The van der Waals surface area contributed by atoms with Crippen molar-refractivity contribution in [3.05, 3.63) is 39.7 Å². The van der Waals surface area contributed by atoms with Crippen molar-refractivity contribution in [1.82, 2.24) is 9.80 Å². The van der Waals surface area contributed by atoms with Crippen LogP contribution < -0.4 is 4.90 Å². The Labute approximate surface area is 308 Å². The first-order valence-electron chi connectivity index (χ1n) is 17.2. The fourth-order valence-electron chi connectivity index (χ4n) is 7.51. The molecule has 0 heterocycles. The number of rotatable bonds is 13. The van der Waals surface area contributed by atoms with Gasteiger partial charge in [-0.15, -0.1) is 0 Å². The van der Waals surface area contributed by atoms with Crippen LogP contribution in [-0.4, -0.2) is 140 Å². The molecular formula is C37H51N3O13. The topological polar surface area (TPSA) is 213 Å². The summed E-state index contributed by atoms with van der Waals surface area (Å²) >= 11 is 0. The monoisotopic (exact) mass is 745 g/mol. The number of likely N-dealkylation sites (N-methyl/N-ethyl adjacent to an activating group) is 1. The first-order valence-corrected chi connectivity index (χ1v) is 17.2. The maximum absolute atomic E-state index is 14.4. The fraction of sp³-hybridized carbons (Fsp3) is 0.595. The molecule has 1 aromatic rings. The van der Waals surface area contributed by atoms with Gasteiger partial charge in [0.1, 0.15) is 29.4 Å². The number of aromatic hydroxyl groups is 1. The number of carbonyl (C=O) groups excluding carboxylic acids is 5. The Balaban J connectivity index is 1.75. The minimum atomic E-state index is -2.70. The van der Waals surface area contributed by atoms with Gasteiger partial charge in [-0.3, -0.25) is 19.3 Å². The highest BCUT2D eigenvalue weighted by atomic mass is 16.7. The van der Waals surface area contributed by atoms with E-state index in [1.165, 1.54) is 16.9 Å². The highest BCUT2D eigenvalue weighted by molar-refractivity contribution is 6.25. The molecular weight excluding hydrogens is 694 g/mol. The number of hydrogen-bond donors (Lipinski definition) is 4. The number of amides is 1. The van der Waals surface area contributed by atoms with Crippen molar-refractivity contribution in [2.75, 3.05) is 73.4 Å². The molecule has 0 aliphatic heterocycles. The lowest BCUT2D eigenvalue weighted by Crippen LogP contribution is -2.65. The van der Waals surface area contributed by atoms with E-state index in [0.717, 1.165) is 6.92 Å². The molecule has 3 aliphatic rings. The summed E-state index contributed by atoms with van der Waals surface area (Å²) in [7, 11) is 8.13. The van der Waals surface area contributed by atoms with Crippen molar-refractivity contribution in [2.45, 2.75) is 58.7 Å².